The van der Waals surface area contributed by atoms with Crippen molar-refractivity contribution in [2.24, 2.45) is 0 Å². The number of benzene rings is 2. The van der Waals surface area contributed by atoms with Gasteiger partial charge in [0.25, 0.3) is 10.0 Å². The molecule has 0 saturated carbocycles. The molecule has 0 fully saturated rings. The number of aromatic amines is 2. The van der Waals surface area contributed by atoms with Crippen molar-refractivity contribution in [2.45, 2.75) is 35.4 Å². The van der Waals surface area contributed by atoms with E-state index in [1.54, 1.807) is 31.3 Å². The molecule has 0 aliphatic carbocycles. The highest BCUT2D eigenvalue weighted by Crippen LogP contribution is 2.37. The minimum Gasteiger partial charge on any atom is -0.494 e. The Hall–Kier alpha value is -4.30. The molecule has 0 bridgehead atoms. The number of halogens is 1. The number of hydrogen-bond donors (Lipinski definition) is 3. The zero-order valence-corrected chi connectivity index (χ0v) is 23.0. The van der Waals surface area contributed by atoms with Gasteiger partial charge < -0.3 is 4.74 Å². The van der Waals surface area contributed by atoms with Gasteiger partial charge >= 0.3 is 0 Å². The molecule has 3 aromatic heterocycles. The fourth-order valence-corrected chi connectivity index (χ4v) is 6.08. The number of nitrogens with one attached hydrogen (secondary N) is 3. The van der Waals surface area contributed by atoms with Gasteiger partial charge in [-0.3, -0.25) is 14.8 Å². The zero-order valence-electron chi connectivity index (χ0n) is 21.3. The number of tetrazole rings is 1. The third kappa shape index (κ3) is 6.63. The van der Waals surface area contributed by atoms with E-state index in [0.717, 1.165) is 29.6 Å². The molecule has 3 N–H and O–H groups in total. The SMILES string of the molecule is Cc1ccc(F)cc1S(=O)(=O)Nc1n[nH]c(SCc2ccc(OCCCc3nnn[nH]3)cc2)c1-c1ccccn1. The predicted octanol–water partition coefficient (Wildman–Crippen LogP) is 4.54. The molecule has 40 heavy (non-hydrogen) atoms. The zero-order chi connectivity index (χ0) is 28.0. The van der Waals surface area contributed by atoms with Gasteiger partial charge in [-0.15, -0.1) is 16.9 Å². The van der Waals surface area contributed by atoms with Crippen LogP contribution in [0.5, 0.6) is 5.75 Å². The molecular formula is C26H25FN8O3S2. The number of pyridine rings is 1. The second-order valence-corrected chi connectivity index (χ2v) is 11.4. The summed E-state index contributed by atoms with van der Waals surface area (Å²) < 4.78 is 48.5. The fraction of sp³-hybridized carbons (Fsp3) is 0.192. The first-order chi connectivity index (χ1) is 19.4. The number of anilines is 1. The number of sulfonamides is 1. The minimum absolute atomic E-state index is 0.0784. The molecule has 3 heterocycles. The average molecular weight is 581 g/mol. The Morgan fingerprint density at radius 3 is 2.67 bits per heavy atom. The van der Waals surface area contributed by atoms with Gasteiger partial charge in [-0.25, -0.2) is 17.9 Å². The van der Waals surface area contributed by atoms with Gasteiger partial charge in [-0.05, 0) is 71.3 Å². The van der Waals surface area contributed by atoms with Gasteiger partial charge in [0.2, 0.25) is 0 Å². The third-order valence-electron chi connectivity index (χ3n) is 5.85. The normalized spacial score (nSPS) is 11.4. The second kappa shape index (κ2) is 12.3. The van der Waals surface area contributed by atoms with Gasteiger partial charge in [0.05, 0.1) is 22.8 Å². The average Bonchev–Trinajstić information content (AvgIpc) is 3.62. The molecule has 2 aromatic carbocycles. The number of nitrogens with zero attached hydrogens (tertiary/aromatic N) is 5. The minimum atomic E-state index is -4.11. The Balaban J connectivity index is 1.28. The van der Waals surface area contributed by atoms with Crippen LogP contribution >= 0.6 is 11.8 Å². The van der Waals surface area contributed by atoms with E-state index in [9.17, 15) is 12.8 Å². The van der Waals surface area contributed by atoms with Crippen molar-refractivity contribution in [1.82, 2.24) is 35.8 Å². The van der Waals surface area contributed by atoms with Crippen LogP contribution in [-0.2, 0) is 22.2 Å². The molecule has 5 aromatic rings. The Labute approximate surface area is 234 Å². The predicted molar refractivity (Wildman–Crippen MR) is 148 cm³/mol. The van der Waals surface area contributed by atoms with Crippen LogP contribution in [0.25, 0.3) is 11.3 Å². The van der Waals surface area contributed by atoms with Gasteiger partial charge in [-0.2, -0.15) is 5.10 Å². The van der Waals surface area contributed by atoms with E-state index < -0.39 is 15.8 Å². The fourth-order valence-electron chi connectivity index (χ4n) is 3.85. The number of ether oxygens (including phenoxy) is 1. The number of rotatable bonds is 12. The number of hydrogen-bond acceptors (Lipinski definition) is 9. The van der Waals surface area contributed by atoms with Gasteiger partial charge in [0, 0.05) is 18.4 Å². The summed E-state index contributed by atoms with van der Waals surface area (Å²) in [5.74, 6) is 1.49. The standard InChI is InChI=1S/C26H25FN8O3S2/c1-17-7-10-19(27)15-22(17)40(36,37)33-25-24(21-5-2-3-13-28-21)26(32-31-25)39-16-18-8-11-20(12-9-18)38-14-4-6-23-29-34-35-30-23/h2-3,5,7-13,15H,4,6,14,16H2,1H3,(H2,31,32,33)(H,29,30,34,35). The summed E-state index contributed by atoms with van der Waals surface area (Å²) in [6.07, 6.45) is 3.09. The van der Waals surface area contributed by atoms with E-state index in [0.29, 0.717) is 40.6 Å². The van der Waals surface area contributed by atoms with Crippen LogP contribution in [0.2, 0.25) is 0 Å². The van der Waals surface area contributed by atoms with Crippen LogP contribution in [0.3, 0.4) is 0 Å². The molecule has 0 unspecified atom stereocenters. The molecule has 11 nitrogen and oxygen atoms in total. The lowest BCUT2D eigenvalue weighted by Crippen LogP contribution is -2.15. The molecule has 0 aliphatic rings. The molecule has 0 saturated heterocycles. The molecule has 0 spiro atoms. The summed E-state index contributed by atoms with van der Waals surface area (Å²) in [5, 5.41) is 21.5. The number of aromatic nitrogens is 7. The van der Waals surface area contributed by atoms with E-state index in [-0.39, 0.29) is 10.7 Å². The van der Waals surface area contributed by atoms with Crippen LogP contribution in [0.15, 0.2) is 76.8 Å². The lowest BCUT2D eigenvalue weighted by atomic mass is 10.2. The quantitative estimate of drug-likeness (QED) is 0.143. The Morgan fingerprint density at radius 1 is 1.07 bits per heavy atom. The highest BCUT2D eigenvalue weighted by atomic mass is 32.2. The van der Waals surface area contributed by atoms with Crippen molar-refractivity contribution in [3.63, 3.8) is 0 Å². The molecule has 0 amide bonds. The van der Waals surface area contributed by atoms with Crippen molar-refractivity contribution in [3.05, 3.63) is 89.6 Å². The molecule has 0 atom stereocenters. The van der Waals surface area contributed by atoms with Crippen LogP contribution in [0.4, 0.5) is 10.2 Å². The first-order valence-corrected chi connectivity index (χ1v) is 14.7. The Morgan fingerprint density at radius 2 is 1.93 bits per heavy atom. The summed E-state index contributed by atoms with van der Waals surface area (Å²) in [6.45, 7) is 2.14. The van der Waals surface area contributed by atoms with Gasteiger partial charge in [0.1, 0.15) is 22.4 Å². The lowest BCUT2D eigenvalue weighted by molar-refractivity contribution is 0.310. The highest BCUT2D eigenvalue weighted by Gasteiger charge is 2.24. The molecule has 14 heteroatoms. The topological polar surface area (TPSA) is 151 Å². The first kappa shape index (κ1) is 27.3. The van der Waals surface area contributed by atoms with Crippen molar-refractivity contribution in [1.29, 1.82) is 0 Å². The third-order valence-corrected chi connectivity index (χ3v) is 8.39. The highest BCUT2D eigenvalue weighted by molar-refractivity contribution is 7.98. The molecule has 206 valence electrons. The van der Waals surface area contributed by atoms with Gasteiger partial charge in [-0.1, -0.05) is 24.3 Å². The first-order valence-electron chi connectivity index (χ1n) is 12.2. The van der Waals surface area contributed by atoms with E-state index in [1.165, 1.54) is 23.9 Å². The van der Waals surface area contributed by atoms with Crippen molar-refractivity contribution in [2.75, 3.05) is 11.3 Å². The summed E-state index contributed by atoms with van der Waals surface area (Å²) in [4.78, 5) is 4.24. The number of aryl methyl sites for hydroxylation is 2. The molecule has 5 rings (SSSR count). The summed E-state index contributed by atoms with van der Waals surface area (Å²) in [7, 11) is -4.11. The molecular weight excluding hydrogens is 555 g/mol. The Bertz CT molecular complexity index is 1660. The molecule has 0 radical (unpaired) electrons. The Kier molecular flexibility index (Phi) is 8.36. The maximum Gasteiger partial charge on any atom is 0.263 e. The summed E-state index contributed by atoms with van der Waals surface area (Å²) >= 11 is 1.45. The van der Waals surface area contributed by atoms with Crippen LogP contribution < -0.4 is 9.46 Å². The van der Waals surface area contributed by atoms with E-state index >= 15 is 0 Å². The number of thioether (sulfide) groups is 1. The van der Waals surface area contributed by atoms with Crippen molar-refractivity contribution >= 4 is 27.6 Å². The van der Waals surface area contributed by atoms with Crippen molar-refractivity contribution in [3.8, 4) is 17.0 Å². The lowest BCUT2D eigenvalue weighted by Gasteiger charge is -2.11. The van der Waals surface area contributed by atoms with E-state index in [1.807, 2.05) is 24.3 Å². The monoisotopic (exact) mass is 580 g/mol. The van der Waals surface area contributed by atoms with Crippen LogP contribution in [0, 0.1) is 12.7 Å². The van der Waals surface area contributed by atoms with E-state index in [4.69, 9.17) is 4.74 Å². The number of H-pyrrole nitrogens is 2. The maximum absolute atomic E-state index is 13.8. The summed E-state index contributed by atoms with van der Waals surface area (Å²) in [5.41, 5.74) is 2.49. The van der Waals surface area contributed by atoms with Crippen LogP contribution in [0.1, 0.15) is 23.4 Å². The van der Waals surface area contributed by atoms with E-state index in [2.05, 4.69) is 40.5 Å². The molecule has 0 aliphatic heterocycles. The smallest absolute Gasteiger partial charge is 0.263 e. The van der Waals surface area contributed by atoms with Gasteiger partial charge in [0.15, 0.2) is 5.82 Å². The van der Waals surface area contributed by atoms with Crippen LogP contribution in [-0.4, -0.2) is 50.8 Å². The largest absolute Gasteiger partial charge is 0.494 e. The van der Waals surface area contributed by atoms with Crippen molar-refractivity contribution < 1.29 is 17.5 Å². The summed E-state index contributed by atoms with van der Waals surface area (Å²) in [6, 6.07) is 16.7. The maximum atomic E-state index is 13.8. The second-order valence-electron chi connectivity index (χ2n) is 8.74.